The van der Waals surface area contributed by atoms with Gasteiger partial charge in [-0.15, -0.1) is 11.8 Å². The lowest BCUT2D eigenvalue weighted by Gasteiger charge is -2.33. The summed E-state index contributed by atoms with van der Waals surface area (Å²) in [4.78, 5) is 29.9. The molecule has 118 valence electrons. The van der Waals surface area contributed by atoms with Gasteiger partial charge in [-0.2, -0.15) is 0 Å². The second-order valence-corrected chi connectivity index (χ2v) is 6.94. The van der Waals surface area contributed by atoms with E-state index in [1.54, 1.807) is 11.8 Å². The van der Waals surface area contributed by atoms with E-state index in [0.29, 0.717) is 12.2 Å². The number of benzene rings is 1. The Balaban J connectivity index is 1.61. The van der Waals surface area contributed by atoms with Crippen LogP contribution in [0.2, 0.25) is 0 Å². The van der Waals surface area contributed by atoms with E-state index in [4.69, 9.17) is 0 Å². The normalized spacial score (nSPS) is 22.7. The van der Waals surface area contributed by atoms with E-state index in [1.807, 2.05) is 29.2 Å². The molecule has 2 heterocycles. The number of carbonyl (C=O) groups is 2. The fourth-order valence-corrected chi connectivity index (χ4v) is 3.84. The summed E-state index contributed by atoms with van der Waals surface area (Å²) in [6.07, 6.45) is 0.302. The standard InChI is InChI=1S/C16H21N3O2S/c1-18-6-8-19(9-7-18)15(20)10-12-11-22-14-5-3-2-4-13(14)17-16(12)21/h2-5,12H,6-11H2,1H3,(H,17,21). The molecule has 3 rings (SSSR count). The van der Waals surface area contributed by atoms with Gasteiger partial charge in [0, 0.05) is 43.2 Å². The average Bonchev–Trinajstić information content (AvgIpc) is 2.67. The van der Waals surface area contributed by atoms with Crippen molar-refractivity contribution in [1.82, 2.24) is 9.80 Å². The lowest BCUT2D eigenvalue weighted by atomic mass is 10.1. The van der Waals surface area contributed by atoms with E-state index in [2.05, 4.69) is 17.3 Å². The molecule has 1 fully saturated rings. The molecule has 2 amide bonds. The first-order valence-corrected chi connectivity index (χ1v) is 8.61. The zero-order valence-corrected chi connectivity index (χ0v) is 13.6. The largest absolute Gasteiger partial charge is 0.340 e. The molecule has 22 heavy (non-hydrogen) atoms. The Kier molecular flexibility index (Phi) is 4.69. The summed E-state index contributed by atoms with van der Waals surface area (Å²) in [5.74, 6) is 0.451. The number of hydrogen-bond acceptors (Lipinski definition) is 4. The van der Waals surface area contributed by atoms with Gasteiger partial charge in [0.2, 0.25) is 11.8 Å². The number of nitrogens with one attached hydrogen (secondary N) is 1. The number of carbonyl (C=O) groups excluding carboxylic acids is 2. The minimum absolute atomic E-state index is 0.0417. The number of hydrogen-bond donors (Lipinski definition) is 1. The SMILES string of the molecule is CN1CCN(C(=O)CC2CSc3ccccc3NC2=O)CC1. The van der Waals surface area contributed by atoms with Crippen LogP contribution < -0.4 is 5.32 Å². The average molecular weight is 319 g/mol. The van der Waals surface area contributed by atoms with Crippen molar-refractivity contribution in [3.05, 3.63) is 24.3 Å². The molecule has 1 saturated heterocycles. The molecule has 5 nitrogen and oxygen atoms in total. The maximum Gasteiger partial charge on any atom is 0.228 e. The summed E-state index contributed by atoms with van der Waals surface area (Å²) in [5, 5.41) is 2.95. The van der Waals surface area contributed by atoms with Gasteiger partial charge in [0.05, 0.1) is 11.6 Å². The fraction of sp³-hybridized carbons (Fsp3) is 0.500. The third-order valence-corrected chi connectivity index (χ3v) is 5.47. The summed E-state index contributed by atoms with van der Waals surface area (Å²) in [5.41, 5.74) is 0.854. The van der Waals surface area contributed by atoms with Gasteiger partial charge in [0.1, 0.15) is 0 Å². The van der Waals surface area contributed by atoms with Gasteiger partial charge < -0.3 is 15.1 Å². The molecule has 6 heteroatoms. The van der Waals surface area contributed by atoms with Crippen LogP contribution in [-0.4, -0.2) is 60.6 Å². The molecular formula is C16H21N3O2S. The van der Waals surface area contributed by atoms with Gasteiger partial charge in [0.25, 0.3) is 0 Å². The van der Waals surface area contributed by atoms with Crippen molar-refractivity contribution in [2.24, 2.45) is 5.92 Å². The summed E-state index contributed by atoms with van der Waals surface area (Å²) < 4.78 is 0. The Bertz CT molecular complexity index is 570. The molecule has 0 saturated carbocycles. The topological polar surface area (TPSA) is 52.6 Å². The smallest absolute Gasteiger partial charge is 0.228 e. The molecule has 0 radical (unpaired) electrons. The van der Waals surface area contributed by atoms with E-state index in [-0.39, 0.29) is 17.7 Å². The molecule has 1 atom stereocenters. The number of rotatable bonds is 2. The number of amides is 2. The third kappa shape index (κ3) is 3.44. The molecular weight excluding hydrogens is 298 g/mol. The number of likely N-dealkylation sites (N-methyl/N-ethyl adjacent to an activating group) is 1. The van der Waals surface area contributed by atoms with Crippen molar-refractivity contribution < 1.29 is 9.59 Å². The van der Waals surface area contributed by atoms with Crippen LogP contribution in [0.3, 0.4) is 0 Å². The summed E-state index contributed by atoms with van der Waals surface area (Å²) in [6.45, 7) is 3.33. The molecule has 0 bridgehead atoms. The lowest BCUT2D eigenvalue weighted by molar-refractivity contribution is -0.135. The number of anilines is 1. The minimum atomic E-state index is -0.260. The monoisotopic (exact) mass is 319 g/mol. The molecule has 2 aliphatic heterocycles. The van der Waals surface area contributed by atoms with Gasteiger partial charge in [-0.3, -0.25) is 9.59 Å². The van der Waals surface area contributed by atoms with Crippen molar-refractivity contribution in [2.45, 2.75) is 11.3 Å². The van der Waals surface area contributed by atoms with E-state index in [9.17, 15) is 9.59 Å². The number of para-hydroxylation sites is 1. The van der Waals surface area contributed by atoms with Gasteiger partial charge >= 0.3 is 0 Å². The van der Waals surface area contributed by atoms with Crippen molar-refractivity contribution >= 4 is 29.3 Å². The Labute approximate surface area is 135 Å². The highest BCUT2D eigenvalue weighted by Gasteiger charge is 2.29. The summed E-state index contributed by atoms with van der Waals surface area (Å²) >= 11 is 1.65. The second kappa shape index (κ2) is 6.71. The fourth-order valence-electron chi connectivity index (χ4n) is 2.74. The first-order chi connectivity index (χ1) is 10.6. The van der Waals surface area contributed by atoms with Crippen molar-refractivity contribution in [1.29, 1.82) is 0 Å². The first-order valence-electron chi connectivity index (χ1n) is 7.62. The molecule has 2 aliphatic rings. The quantitative estimate of drug-likeness (QED) is 0.898. The molecule has 1 unspecified atom stereocenters. The van der Waals surface area contributed by atoms with E-state index in [1.165, 1.54) is 0 Å². The summed E-state index contributed by atoms with van der Waals surface area (Å²) in [6, 6.07) is 7.79. The molecule has 0 aliphatic carbocycles. The second-order valence-electron chi connectivity index (χ2n) is 5.88. The number of fused-ring (bicyclic) bond motifs is 1. The highest BCUT2D eigenvalue weighted by Crippen LogP contribution is 2.33. The Morgan fingerprint density at radius 1 is 1.27 bits per heavy atom. The van der Waals surface area contributed by atoms with E-state index >= 15 is 0 Å². The summed E-state index contributed by atoms with van der Waals surface area (Å²) in [7, 11) is 2.06. The lowest BCUT2D eigenvalue weighted by Crippen LogP contribution is -2.48. The minimum Gasteiger partial charge on any atom is -0.340 e. The van der Waals surface area contributed by atoms with Crippen LogP contribution >= 0.6 is 11.8 Å². The highest BCUT2D eigenvalue weighted by molar-refractivity contribution is 7.99. The van der Waals surface area contributed by atoms with Gasteiger partial charge in [-0.05, 0) is 19.2 Å². The third-order valence-electron chi connectivity index (χ3n) is 4.23. The molecule has 1 aromatic carbocycles. The Hall–Kier alpha value is -1.53. The van der Waals surface area contributed by atoms with Gasteiger partial charge in [-0.25, -0.2) is 0 Å². The molecule has 1 N–H and O–H groups in total. The maximum absolute atomic E-state index is 12.4. The first kappa shape index (κ1) is 15.4. The van der Waals surface area contributed by atoms with Crippen LogP contribution in [-0.2, 0) is 9.59 Å². The zero-order chi connectivity index (χ0) is 15.5. The zero-order valence-electron chi connectivity index (χ0n) is 12.7. The molecule has 1 aromatic rings. The number of piperazine rings is 1. The molecule has 0 aromatic heterocycles. The van der Waals surface area contributed by atoms with E-state index < -0.39 is 0 Å². The van der Waals surface area contributed by atoms with E-state index in [0.717, 1.165) is 36.8 Å². The van der Waals surface area contributed by atoms with Gasteiger partial charge in [-0.1, -0.05) is 12.1 Å². The van der Waals surface area contributed by atoms with Crippen molar-refractivity contribution in [3.8, 4) is 0 Å². The Morgan fingerprint density at radius 3 is 2.77 bits per heavy atom. The van der Waals surface area contributed by atoms with Crippen LogP contribution in [0.5, 0.6) is 0 Å². The maximum atomic E-state index is 12.4. The van der Waals surface area contributed by atoms with Crippen LogP contribution in [0.25, 0.3) is 0 Å². The Morgan fingerprint density at radius 2 is 2.00 bits per heavy atom. The van der Waals surface area contributed by atoms with Crippen LogP contribution in [0.4, 0.5) is 5.69 Å². The van der Waals surface area contributed by atoms with Crippen LogP contribution in [0, 0.1) is 5.92 Å². The van der Waals surface area contributed by atoms with Gasteiger partial charge in [0.15, 0.2) is 0 Å². The van der Waals surface area contributed by atoms with Crippen molar-refractivity contribution in [2.75, 3.05) is 44.3 Å². The number of nitrogens with zero attached hydrogens (tertiary/aromatic N) is 2. The molecule has 0 spiro atoms. The predicted molar refractivity (Wildman–Crippen MR) is 88.0 cm³/mol. The highest BCUT2D eigenvalue weighted by atomic mass is 32.2. The predicted octanol–water partition coefficient (Wildman–Crippen LogP) is 1.51. The van der Waals surface area contributed by atoms with Crippen LogP contribution in [0.15, 0.2) is 29.2 Å². The number of thioether (sulfide) groups is 1. The van der Waals surface area contributed by atoms with Crippen LogP contribution in [0.1, 0.15) is 6.42 Å². The van der Waals surface area contributed by atoms with Crippen molar-refractivity contribution in [3.63, 3.8) is 0 Å².